The van der Waals surface area contributed by atoms with Gasteiger partial charge in [0.05, 0.1) is 12.4 Å². The molecule has 0 bridgehead atoms. The molecule has 6 rings (SSSR count). The minimum Gasteiger partial charge on any atom is -0.373 e. The van der Waals surface area contributed by atoms with Crippen LogP contribution in [0.4, 0.5) is 34.6 Å². The van der Waals surface area contributed by atoms with Gasteiger partial charge in [0.1, 0.15) is 34.4 Å². The third-order valence-corrected chi connectivity index (χ3v) is 7.57. The summed E-state index contributed by atoms with van der Waals surface area (Å²) in [5.41, 5.74) is 12.9. The average Bonchev–Trinajstić information content (AvgIpc) is 3.64. The summed E-state index contributed by atoms with van der Waals surface area (Å²) in [4.78, 5) is 34.6. The highest BCUT2D eigenvalue weighted by molar-refractivity contribution is 6.00. The highest BCUT2D eigenvalue weighted by Crippen LogP contribution is 2.25. The van der Waals surface area contributed by atoms with E-state index in [9.17, 15) is 9.59 Å². The van der Waals surface area contributed by atoms with Gasteiger partial charge in [-0.15, -0.1) is 0 Å². The Kier molecular flexibility index (Phi) is 8.31. The Morgan fingerprint density at radius 3 is 1.77 bits per heavy atom. The van der Waals surface area contributed by atoms with Crippen LogP contribution < -0.4 is 32.3 Å². The summed E-state index contributed by atoms with van der Waals surface area (Å²) in [5, 5.41) is 24.5. The van der Waals surface area contributed by atoms with Crippen molar-refractivity contribution in [1.29, 1.82) is 0 Å². The van der Waals surface area contributed by atoms with Crippen LogP contribution in [0.1, 0.15) is 43.0 Å². The van der Waals surface area contributed by atoms with E-state index in [-0.39, 0.29) is 11.5 Å². The first-order valence-electron chi connectivity index (χ1n) is 15.1. The van der Waals surface area contributed by atoms with Crippen molar-refractivity contribution in [1.82, 2.24) is 34.5 Å². The van der Waals surface area contributed by atoms with Gasteiger partial charge in [0.25, 0.3) is 11.8 Å². The third kappa shape index (κ3) is 6.47. The number of rotatable bonds is 11. The van der Waals surface area contributed by atoms with Gasteiger partial charge in [-0.05, 0) is 73.7 Å². The summed E-state index contributed by atoms with van der Waals surface area (Å²) in [7, 11) is 3.56. The van der Waals surface area contributed by atoms with E-state index >= 15 is 0 Å². The zero-order chi connectivity index (χ0) is 33.2. The first kappa shape index (κ1) is 30.8. The Hall–Kier alpha value is -6.18. The normalized spacial score (nSPS) is 11.1. The lowest BCUT2D eigenvalue weighted by Crippen LogP contribution is -2.25. The molecule has 0 atom stereocenters. The molecule has 7 N–H and O–H groups in total. The summed E-state index contributed by atoms with van der Waals surface area (Å²) in [6.45, 7) is 6.48. The molecule has 0 fully saturated rings. The number of primary amides is 1. The number of aryl methyl sites for hydroxylation is 3. The molecular weight excluding hydrogens is 596 g/mol. The van der Waals surface area contributed by atoms with E-state index in [0.717, 1.165) is 33.6 Å². The van der Waals surface area contributed by atoms with E-state index in [4.69, 9.17) is 10.7 Å². The molecular formula is C33H36N12O2. The number of amides is 2. The molecule has 0 unspecified atom stereocenters. The minimum atomic E-state index is -0.608. The molecule has 2 aromatic carbocycles. The molecule has 240 valence electrons. The maximum atomic E-state index is 13.4. The molecule has 47 heavy (non-hydrogen) atoms. The van der Waals surface area contributed by atoms with Crippen LogP contribution in [0.2, 0.25) is 0 Å². The van der Waals surface area contributed by atoms with Gasteiger partial charge in [-0.2, -0.15) is 19.2 Å². The fraction of sp³-hybridized carbons (Fsp3) is 0.212. The molecule has 0 saturated carbocycles. The maximum Gasteiger partial charge on any atom is 0.256 e. The molecule has 14 heteroatoms. The highest BCUT2D eigenvalue weighted by atomic mass is 16.2. The van der Waals surface area contributed by atoms with Crippen molar-refractivity contribution in [2.24, 2.45) is 5.73 Å². The molecule has 4 heterocycles. The van der Waals surface area contributed by atoms with Gasteiger partial charge in [-0.1, -0.05) is 12.1 Å². The number of benzene rings is 2. The first-order chi connectivity index (χ1) is 22.6. The van der Waals surface area contributed by atoms with E-state index in [1.807, 2.05) is 51.1 Å². The van der Waals surface area contributed by atoms with E-state index in [0.29, 0.717) is 53.1 Å². The van der Waals surface area contributed by atoms with Crippen LogP contribution in [0.15, 0.2) is 60.9 Å². The second-order valence-electron chi connectivity index (χ2n) is 11.3. The number of fused-ring (bicyclic) bond motifs is 2. The molecule has 0 radical (unpaired) electrons. The smallest absolute Gasteiger partial charge is 0.256 e. The fourth-order valence-corrected chi connectivity index (χ4v) is 5.58. The van der Waals surface area contributed by atoms with Crippen LogP contribution in [0, 0.1) is 20.8 Å². The number of hydrogen-bond donors (Lipinski definition) is 6. The Morgan fingerprint density at radius 2 is 1.21 bits per heavy atom. The summed E-state index contributed by atoms with van der Waals surface area (Å²) < 4.78 is 3.14. The molecule has 4 aromatic heterocycles. The second-order valence-corrected chi connectivity index (χ2v) is 11.3. The van der Waals surface area contributed by atoms with E-state index in [1.165, 1.54) is 16.9 Å². The summed E-state index contributed by atoms with van der Waals surface area (Å²) in [6, 6.07) is 15.9. The number of anilines is 6. The molecule has 0 aliphatic rings. The number of hydrogen-bond acceptors (Lipinski definition) is 10. The lowest BCUT2D eigenvalue weighted by Gasteiger charge is -2.13. The fourth-order valence-electron chi connectivity index (χ4n) is 5.58. The zero-order valence-corrected chi connectivity index (χ0v) is 26.8. The van der Waals surface area contributed by atoms with Crippen LogP contribution in [0.3, 0.4) is 0 Å². The number of aromatic nitrogens is 6. The number of nitrogens with two attached hydrogens (primary N) is 1. The largest absolute Gasteiger partial charge is 0.373 e. The van der Waals surface area contributed by atoms with Gasteiger partial charge in [0, 0.05) is 44.1 Å². The second kappa shape index (κ2) is 12.7. The topological polar surface area (TPSA) is 181 Å². The minimum absolute atomic E-state index is 0.225. The van der Waals surface area contributed by atoms with Crippen LogP contribution in [-0.4, -0.2) is 61.7 Å². The monoisotopic (exact) mass is 632 g/mol. The van der Waals surface area contributed by atoms with Crippen molar-refractivity contribution in [3.63, 3.8) is 0 Å². The van der Waals surface area contributed by atoms with Crippen LogP contribution >= 0.6 is 0 Å². The van der Waals surface area contributed by atoms with E-state index < -0.39 is 5.91 Å². The van der Waals surface area contributed by atoms with E-state index in [2.05, 4.69) is 53.9 Å². The molecule has 0 spiro atoms. The summed E-state index contributed by atoms with van der Waals surface area (Å²) in [5.74, 6) is 1.56. The molecule has 14 nitrogen and oxygen atoms in total. The Morgan fingerprint density at radius 1 is 0.702 bits per heavy atom. The quantitative estimate of drug-likeness (QED) is 0.120. The van der Waals surface area contributed by atoms with Crippen LogP contribution in [0.5, 0.6) is 0 Å². The number of nitrogens with one attached hydrogen (secondary N) is 5. The Balaban J connectivity index is 1.17. The molecule has 0 saturated heterocycles. The summed E-state index contributed by atoms with van der Waals surface area (Å²) >= 11 is 0. The van der Waals surface area contributed by atoms with Crippen molar-refractivity contribution in [2.45, 2.75) is 27.2 Å². The summed E-state index contributed by atoms with van der Waals surface area (Å²) in [6.07, 6.45) is 3.51. The van der Waals surface area contributed by atoms with Gasteiger partial charge < -0.3 is 32.3 Å². The maximum absolute atomic E-state index is 13.4. The first-order valence-corrected chi connectivity index (χ1v) is 15.1. The van der Waals surface area contributed by atoms with Crippen LogP contribution in [-0.2, 0) is 6.42 Å². The van der Waals surface area contributed by atoms with Crippen molar-refractivity contribution >= 4 is 57.8 Å². The number of nitrogens with zero attached hydrogens (tertiary/aromatic N) is 6. The zero-order valence-electron chi connectivity index (χ0n) is 26.8. The van der Waals surface area contributed by atoms with E-state index in [1.54, 1.807) is 24.7 Å². The number of carbonyl (C=O) groups is 2. The van der Waals surface area contributed by atoms with Gasteiger partial charge in [0.2, 0.25) is 0 Å². The van der Waals surface area contributed by atoms with Crippen molar-refractivity contribution in [2.75, 3.05) is 41.9 Å². The SMILES string of the molecule is CNc1cc(Nc2cc(C)cc(CCNC(=O)c3cnn4c(NC)cc(Nc5cc(C)cc(C)c5)nc34)c2)nc2c(C(N)=O)cnn12. The van der Waals surface area contributed by atoms with Crippen LogP contribution in [0.25, 0.3) is 11.3 Å². The van der Waals surface area contributed by atoms with Gasteiger partial charge in [-0.3, -0.25) is 9.59 Å². The third-order valence-electron chi connectivity index (χ3n) is 7.57. The molecule has 6 aromatic rings. The highest BCUT2D eigenvalue weighted by Gasteiger charge is 2.18. The van der Waals surface area contributed by atoms with Gasteiger partial charge >= 0.3 is 0 Å². The van der Waals surface area contributed by atoms with Gasteiger partial charge in [0.15, 0.2) is 11.3 Å². The Bertz CT molecular complexity index is 2130. The molecule has 2 amide bonds. The van der Waals surface area contributed by atoms with Gasteiger partial charge in [-0.25, -0.2) is 9.97 Å². The number of carbonyl (C=O) groups excluding carboxylic acids is 2. The Labute approximate surface area is 270 Å². The van der Waals surface area contributed by atoms with Crippen molar-refractivity contribution in [3.05, 3.63) is 94.3 Å². The standard InChI is InChI=1S/C33H36N12O2/c1-18-8-19(2)11-22(10-18)40-26-14-29(36-5)45-32(43-26)25(17-39-45)33(47)37-7-6-21-9-20(3)12-23(13-21)41-27-15-28(35-4)44-31(42-27)24(16-38-44)30(34)46/h8-17,35-36H,6-7H2,1-5H3,(H2,34,46)(H,37,47)(H,40,43)(H,41,42). The molecule has 0 aliphatic carbocycles. The van der Waals surface area contributed by atoms with Crippen molar-refractivity contribution in [3.8, 4) is 0 Å². The predicted octanol–water partition coefficient (Wildman–Crippen LogP) is 4.34. The lowest BCUT2D eigenvalue weighted by atomic mass is 10.1. The van der Waals surface area contributed by atoms with Crippen molar-refractivity contribution < 1.29 is 9.59 Å². The average molecular weight is 633 g/mol. The predicted molar refractivity (Wildman–Crippen MR) is 183 cm³/mol. The molecule has 0 aliphatic heterocycles. The lowest BCUT2D eigenvalue weighted by molar-refractivity contribution is 0.0954.